The Labute approximate surface area is 135 Å². The Morgan fingerprint density at radius 1 is 1.36 bits per heavy atom. The fourth-order valence-corrected chi connectivity index (χ4v) is 3.01. The van der Waals surface area contributed by atoms with Crippen molar-refractivity contribution in [1.82, 2.24) is 19.9 Å². The summed E-state index contributed by atoms with van der Waals surface area (Å²) in [5.41, 5.74) is 1.02. The summed E-state index contributed by atoms with van der Waals surface area (Å²) < 4.78 is 5.37. The van der Waals surface area contributed by atoms with Gasteiger partial charge in [0.05, 0.1) is 6.54 Å². The van der Waals surface area contributed by atoms with E-state index in [4.69, 9.17) is 16.1 Å². The first-order chi connectivity index (χ1) is 10.6. The summed E-state index contributed by atoms with van der Waals surface area (Å²) in [6, 6.07) is 8.37. The molecule has 2 heterocycles. The second-order valence-corrected chi connectivity index (χ2v) is 6.42. The number of halogens is 1. The van der Waals surface area contributed by atoms with Crippen LogP contribution >= 0.6 is 11.6 Å². The maximum atomic E-state index is 6.17. The monoisotopic (exact) mass is 320 g/mol. The van der Waals surface area contributed by atoms with Gasteiger partial charge in [-0.15, -0.1) is 0 Å². The lowest BCUT2D eigenvalue weighted by atomic mass is 10.1. The first-order valence-corrected chi connectivity index (χ1v) is 7.93. The lowest BCUT2D eigenvalue weighted by Crippen LogP contribution is -2.31. The molecule has 0 bridgehead atoms. The van der Waals surface area contributed by atoms with E-state index >= 15 is 0 Å². The average Bonchev–Trinajstić information content (AvgIpc) is 3.12. The standard InChI is InChI=1S/C16H21ClN4O/c1-20(2)13-7-8-21(10-13)11-16-18-15(19-22-16)9-12-5-3-4-6-14(12)17/h3-6,13H,7-11H2,1-2H3/t13-/m1/s1. The average molecular weight is 321 g/mol. The summed E-state index contributed by atoms with van der Waals surface area (Å²) in [5.74, 6) is 1.37. The lowest BCUT2D eigenvalue weighted by molar-refractivity contribution is 0.238. The van der Waals surface area contributed by atoms with Crippen LogP contribution in [-0.2, 0) is 13.0 Å². The van der Waals surface area contributed by atoms with Gasteiger partial charge in [0.2, 0.25) is 5.89 Å². The van der Waals surface area contributed by atoms with Gasteiger partial charge < -0.3 is 9.42 Å². The first-order valence-electron chi connectivity index (χ1n) is 7.55. The van der Waals surface area contributed by atoms with E-state index in [0.29, 0.717) is 24.2 Å². The van der Waals surface area contributed by atoms with Crippen LogP contribution in [0.3, 0.4) is 0 Å². The van der Waals surface area contributed by atoms with Crippen molar-refractivity contribution < 1.29 is 4.52 Å². The van der Waals surface area contributed by atoms with Crippen molar-refractivity contribution >= 4 is 11.6 Å². The van der Waals surface area contributed by atoms with Gasteiger partial charge in [-0.1, -0.05) is 35.0 Å². The molecule has 0 amide bonds. The molecule has 0 saturated carbocycles. The van der Waals surface area contributed by atoms with Crippen molar-refractivity contribution in [2.75, 3.05) is 27.2 Å². The molecule has 6 heteroatoms. The van der Waals surface area contributed by atoms with Gasteiger partial charge in [-0.3, -0.25) is 4.90 Å². The fourth-order valence-electron chi connectivity index (χ4n) is 2.81. The van der Waals surface area contributed by atoms with Crippen LogP contribution in [0.2, 0.25) is 5.02 Å². The maximum absolute atomic E-state index is 6.17. The van der Waals surface area contributed by atoms with Gasteiger partial charge in [0.1, 0.15) is 0 Å². The maximum Gasteiger partial charge on any atom is 0.240 e. The predicted molar refractivity (Wildman–Crippen MR) is 85.9 cm³/mol. The minimum absolute atomic E-state index is 0.601. The summed E-state index contributed by atoms with van der Waals surface area (Å²) in [6.45, 7) is 2.85. The van der Waals surface area contributed by atoms with E-state index < -0.39 is 0 Å². The SMILES string of the molecule is CN(C)[C@@H]1CCN(Cc2nc(Cc3ccccc3Cl)no2)C1. The number of nitrogens with zero attached hydrogens (tertiary/aromatic N) is 4. The van der Waals surface area contributed by atoms with Crippen LogP contribution in [0, 0.1) is 0 Å². The Balaban J connectivity index is 1.59. The summed E-state index contributed by atoms with van der Waals surface area (Å²) in [4.78, 5) is 9.12. The molecule has 0 radical (unpaired) electrons. The van der Waals surface area contributed by atoms with Gasteiger partial charge in [-0.25, -0.2) is 0 Å². The van der Waals surface area contributed by atoms with Crippen LogP contribution in [0.25, 0.3) is 0 Å². The molecule has 0 unspecified atom stereocenters. The van der Waals surface area contributed by atoms with Gasteiger partial charge in [0.15, 0.2) is 5.82 Å². The number of hydrogen-bond donors (Lipinski definition) is 0. The quantitative estimate of drug-likeness (QED) is 0.846. The molecular weight excluding hydrogens is 300 g/mol. The molecule has 1 fully saturated rings. The van der Waals surface area contributed by atoms with Crippen molar-refractivity contribution in [1.29, 1.82) is 0 Å². The summed E-state index contributed by atoms with van der Waals surface area (Å²) in [6.07, 6.45) is 1.79. The Morgan fingerprint density at radius 3 is 2.91 bits per heavy atom. The van der Waals surface area contributed by atoms with Crippen LogP contribution in [0.4, 0.5) is 0 Å². The Bertz CT molecular complexity index is 628. The third-order valence-corrected chi connectivity index (χ3v) is 4.52. The summed E-state index contributed by atoms with van der Waals surface area (Å²) in [5, 5.41) is 4.81. The normalized spacial score (nSPS) is 19.2. The van der Waals surface area contributed by atoms with Crippen molar-refractivity contribution in [3.8, 4) is 0 Å². The van der Waals surface area contributed by atoms with Gasteiger partial charge in [0, 0.05) is 30.6 Å². The van der Waals surface area contributed by atoms with Crippen LogP contribution < -0.4 is 0 Å². The van der Waals surface area contributed by atoms with Crippen LogP contribution in [0.15, 0.2) is 28.8 Å². The van der Waals surface area contributed by atoms with Crippen molar-refractivity contribution in [2.45, 2.75) is 25.4 Å². The van der Waals surface area contributed by atoms with E-state index in [-0.39, 0.29) is 0 Å². The van der Waals surface area contributed by atoms with Crippen LogP contribution in [0.1, 0.15) is 23.7 Å². The molecule has 2 aromatic rings. The molecule has 1 aliphatic heterocycles. The molecule has 0 aliphatic carbocycles. The number of aromatic nitrogens is 2. The number of likely N-dealkylation sites (tertiary alicyclic amines) is 1. The summed E-state index contributed by atoms with van der Waals surface area (Å²) >= 11 is 6.17. The van der Waals surface area contributed by atoms with Crippen LogP contribution in [0.5, 0.6) is 0 Å². The molecule has 22 heavy (non-hydrogen) atoms. The second kappa shape index (κ2) is 6.77. The van der Waals surface area contributed by atoms with Gasteiger partial charge in [0.25, 0.3) is 0 Å². The van der Waals surface area contributed by atoms with E-state index in [1.807, 2.05) is 24.3 Å². The minimum Gasteiger partial charge on any atom is -0.338 e. The van der Waals surface area contributed by atoms with E-state index in [1.165, 1.54) is 6.42 Å². The first kappa shape index (κ1) is 15.5. The number of rotatable bonds is 5. The highest BCUT2D eigenvalue weighted by Gasteiger charge is 2.25. The third kappa shape index (κ3) is 3.66. The molecule has 118 valence electrons. The number of likely N-dealkylation sites (N-methyl/N-ethyl adjacent to an activating group) is 1. The zero-order valence-electron chi connectivity index (χ0n) is 13.0. The molecule has 1 aromatic carbocycles. The van der Waals surface area contributed by atoms with E-state index in [0.717, 1.165) is 30.2 Å². The van der Waals surface area contributed by atoms with Gasteiger partial charge >= 0.3 is 0 Å². The van der Waals surface area contributed by atoms with Gasteiger partial charge in [-0.05, 0) is 32.1 Å². The van der Waals surface area contributed by atoms with Crippen molar-refractivity contribution in [2.24, 2.45) is 0 Å². The third-order valence-electron chi connectivity index (χ3n) is 4.15. The topological polar surface area (TPSA) is 45.4 Å². The Kier molecular flexibility index (Phi) is 4.76. The van der Waals surface area contributed by atoms with E-state index in [9.17, 15) is 0 Å². The smallest absolute Gasteiger partial charge is 0.240 e. The molecule has 1 saturated heterocycles. The number of hydrogen-bond acceptors (Lipinski definition) is 5. The highest BCUT2D eigenvalue weighted by molar-refractivity contribution is 6.31. The molecule has 0 N–H and O–H groups in total. The molecule has 1 aliphatic rings. The Hall–Kier alpha value is -1.43. The molecule has 1 aromatic heterocycles. The second-order valence-electron chi connectivity index (χ2n) is 6.01. The minimum atomic E-state index is 0.601. The summed E-state index contributed by atoms with van der Waals surface area (Å²) in [7, 11) is 4.26. The van der Waals surface area contributed by atoms with Crippen molar-refractivity contribution in [3.63, 3.8) is 0 Å². The van der Waals surface area contributed by atoms with Crippen LogP contribution in [-0.4, -0.2) is 53.2 Å². The van der Waals surface area contributed by atoms with Gasteiger partial charge in [-0.2, -0.15) is 4.98 Å². The molecule has 3 rings (SSSR count). The molecule has 5 nitrogen and oxygen atoms in total. The largest absolute Gasteiger partial charge is 0.338 e. The zero-order valence-corrected chi connectivity index (χ0v) is 13.8. The molecule has 0 spiro atoms. The van der Waals surface area contributed by atoms with E-state index in [2.05, 4.69) is 34.0 Å². The lowest BCUT2D eigenvalue weighted by Gasteiger charge is -2.19. The number of benzene rings is 1. The molecular formula is C16H21ClN4O. The van der Waals surface area contributed by atoms with Crippen molar-refractivity contribution in [3.05, 3.63) is 46.6 Å². The zero-order chi connectivity index (χ0) is 15.5. The Morgan fingerprint density at radius 2 is 2.18 bits per heavy atom. The fraction of sp³-hybridized carbons (Fsp3) is 0.500. The predicted octanol–water partition coefficient (Wildman–Crippen LogP) is 2.45. The highest BCUT2D eigenvalue weighted by atomic mass is 35.5. The van der Waals surface area contributed by atoms with E-state index in [1.54, 1.807) is 0 Å². The molecule has 1 atom stereocenters. The highest BCUT2D eigenvalue weighted by Crippen LogP contribution is 2.19.